The molecule has 2 atom stereocenters. The molecule has 2 aliphatic rings. The molecule has 3 heterocycles. The molecule has 1 aromatic carbocycles. The first kappa shape index (κ1) is 19.1. The topological polar surface area (TPSA) is 97.2 Å². The minimum absolute atomic E-state index is 0.0297. The molecule has 0 saturated carbocycles. The second kappa shape index (κ2) is 7.63. The molecule has 28 heavy (non-hydrogen) atoms. The fourth-order valence-corrected chi connectivity index (χ4v) is 4.92. The molecule has 1 saturated heterocycles. The smallest absolute Gasteiger partial charge is 0.225 e. The average molecular weight is 404 g/mol. The maximum Gasteiger partial charge on any atom is 0.225 e. The molecule has 0 radical (unpaired) electrons. The molecule has 150 valence electrons. The Morgan fingerprint density at radius 2 is 1.96 bits per heavy atom. The predicted molar refractivity (Wildman–Crippen MR) is 104 cm³/mol. The van der Waals surface area contributed by atoms with Crippen LogP contribution in [0.25, 0.3) is 0 Å². The van der Waals surface area contributed by atoms with Crippen LogP contribution < -0.4 is 5.32 Å². The number of aryl methyl sites for hydroxylation is 1. The fraction of sp³-hybridized carbons (Fsp3) is 0.526. The van der Waals surface area contributed by atoms with Crippen molar-refractivity contribution in [2.75, 3.05) is 19.3 Å². The van der Waals surface area contributed by atoms with Gasteiger partial charge in [-0.15, -0.1) is 10.2 Å². The Bertz CT molecular complexity index is 957. The number of sulfonamides is 1. The third kappa shape index (κ3) is 3.95. The highest BCUT2D eigenvalue weighted by atomic mass is 32.2. The number of nitrogens with one attached hydrogen (secondary N) is 1. The minimum atomic E-state index is -3.19. The number of hydrogen-bond donors (Lipinski definition) is 1. The largest absolute Gasteiger partial charge is 0.352 e. The highest BCUT2D eigenvalue weighted by Crippen LogP contribution is 2.30. The van der Waals surface area contributed by atoms with Gasteiger partial charge in [-0.1, -0.05) is 30.3 Å². The van der Waals surface area contributed by atoms with Crippen molar-refractivity contribution in [3.05, 3.63) is 47.5 Å². The summed E-state index contributed by atoms with van der Waals surface area (Å²) in [6.45, 7) is 2.01. The van der Waals surface area contributed by atoms with Gasteiger partial charge >= 0.3 is 0 Å². The lowest BCUT2D eigenvalue weighted by Crippen LogP contribution is -2.36. The zero-order valence-electron chi connectivity index (χ0n) is 15.9. The van der Waals surface area contributed by atoms with E-state index in [1.54, 1.807) is 0 Å². The number of benzene rings is 1. The van der Waals surface area contributed by atoms with Crippen LogP contribution in [0.2, 0.25) is 0 Å². The van der Waals surface area contributed by atoms with E-state index in [9.17, 15) is 13.2 Å². The van der Waals surface area contributed by atoms with Crippen molar-refractivity contribution < 1.29 is 13.2 Å². The Kier molecular flexibility index (Phi) is 5.20. The van der Waals surface area contributed by atoms with E-state index in [0.29, 0.717) is 32.6 Å². The summed E-state index contributed by atoms with van der Waals surface area (Å²) in [7, 11) is -3.19. The van der Waals surface area contributed by atoms with Crippen LogP contribution in [0.3, 0.4) is 0 Å². The van der Waals surface area contributed by atoms with Gasteiger partial charge in [0.15, 0.2) is 0 Å². The van der Waals surface area contributed by atoms with Gasteiger partial charge in [-0.2, -0.15) is 0 Å². The van der Waals surface area contributed by atoms with Crippen molar-refractivity contribution in [3.63, 3.8) is 0 Å². The molecule has 2 aliphatic heterocycles. The highest BCUT2D eigenvalue weighted by Gasteiger charge is 2.35. The van der Waals surface area contributed by atoms with Crippen LogP contribution in [0.15, 0.2) is 30.3 Å². The molecular weight excluding hydrogens is 378 g/mol. The molecule has 9 heteroatoms. The number of rotatable bonds is 5. The maximum absolute atomic E-state index is 12.7. The van der Waals surface area contributed by atoms with Crippen molar-refractivity contribution in [2.45, 2.75) is 38.3 Å². The number of carbonyl (C=O) groups excluding carboxylic acids is 1. The number of amides is 1. The summed E-state index contributed by atoms with van der Waals surface area (Å²) in [5.41, 5.74) is 1.07. The molecule has 4 rings (SSSR count). The summed E-state index contributed by atoms with van der Waals surface area (Å²) < 4.78 is 27.1. The van der Waals surface area contributed by atoms with Crippen LogP contribution in [0.5, 0.6) is 0 Å². The van der Waals surface area contributed by atoms with Crippen molar-refractivity contribution in [3.8, 4) is 0 Å². The molecule has 0 bridgehead atoms. The Hall–Kier alpha value is -2.26. The molecule has 1 fully saturated rings. The van der Waals surface area contributed by atoms with Crippen LogP contribution in [-0.4, -0.2) is 52.7 Å². The number of carbonyl (C=O) groups is 1. The van der Waals surface area contributed by atoms with E-state index in [1.807, 2.05) is 34.9 Å². The van der Waals surface area contributed by atoms with Gasteiger partial charge in [0.25, 0.3) is 0 Å². The standard InChI is InChI=1S/C19H25N5O3S/c1-28(26,27)23-10-9-15(12-23)18-22-21-17-8-7-16(13-24(17)18)19(25)20-11-14-5-3-2-4-6-14/h2-6,15-16H,7-13H2,1H3,(H,20,25)/t15-,16+/m0/s1. The lowest BCUT2D eigenvalue weighted by atomic mass is 9.97. The Morgan fingerprint density at radius 1 is 1.18 bits per heavy atom. The van der Waals surface area contributed by atoms with Gasteiger partial charge in [-0.3, -0.25) is 4.79 Å². The molecule has 1 N–H and O–H groups in total. The van der Waals surface area contributed by atoms with Gasteiger partial charge in [-0.25, -0.2) is 12.7 Å². The van der Waals surface area contributed by atoms with Gasteiger partial charge in [-0.05, 0) is 18.4 Å². The van der Waals surface area contributed by atoms with Gasteiger partial charge in [0.1, 0.15) is 11.6 Å². The summed E-state index contributed by atoms with van der Waals surface area (Å²) in [4.78, 5) is 12.7. The fourth-order valence-electron chi connectivity index (χ4n) is 4.03. The van der Waals surface area contributed by atoms with E-state index in [4.69, 9.17) is 0 Å². The Labute approximate surface area is 165 Å². The maximum atomic E-state index is 12.7. The first-order chi connectivity index (χ1) is 13.4. The van der Waals surface area contributed by atoms with E-state index in [2.05, 4.69) is 15.5 Å². The average Bonchev–Trinajstić information content (AvgIpc) is 3.33. The summed E-state index contributed by atoms with van der Waals surface area (Å²) >= 11 is 0. The first-order valence-electron chi connectivity index (χ1n) is 9.60. The summed E-state index contributed by atoms with van der Waals surface area (Å²) in [5, 5.41) is 11.7. The van der Waals surface area contributed by atoms with Crippen LogP contribution in [0.4, 0.5) is 0 Å². The molecule has 1 amide bonds. The third-order valence-electron chi connectivity index (χ3n) is 5.64. The van der Waals surface area contributed by atoms with Crippen LogP contribution >= 0.6 is 0 Å². The van der Waals surface area contributed by atoms with Crippen LogP contribution in [0, 0.1) is 5.92 Å². The zero-order valence-corrected chi connectivity index (χ0v) is 16.7. The molecule has 0 unspecified atom stereocenters. The predicted octanol–water partition coefficient (Wildman–Crippen LogP) is 0.906. The van der Waals surface area contributed by atoms with Crippen LogP contribution in [0.1, 0.15) is 36.0 Å². The molecular formula is C19H25N5O3S. The number of hydrogen-bond acceptors (Lipinski definition) is 5. The molecule has 2 aromatic rings. The van der Waals surface area contributed by atoms with E-state index in [1.165, 1.54) is 10.6 Å². The van der Waals surface area contributed by atoms with Gasteiger partial charge in [0, 0.05) is 38.5 Å². The first-order valence-corrected chi connectivity index (χ1v) is 11.5. The van der Waals surface area contributed by atoms with Crippen molar-refractivity contribution in [1.82, 2.24) is 24.4 Å². The lowest BCUT2D eigenvalue weighted by molar-refractivity contribution is -0.126. The molecule has 8 nitrogen and oxygen atoms in total. The zero-order chi connectivity index (χ0) is 19.7. The van der Waals surface area contributed by atoms with E-state index in [-0.39, 0.29) is 17.7 Å². The minimum Gasteiger partial charge on any atom is -0.352 e. The number of aromatic nitrogens is 3. The normalized spacial score (nSPS) is 22.8. The Morgan fingerprint density at radius 3 is 2.68 bits per heavy atom. The molecule has 0 aliphatic carbocycles. The highest BCUT2D eigenvalue weighted by molar-refractivity contribution is 7.88. The van der Waals surface area contributed by atoms with E-state index >= 15 is 0 Å². The van der Waals surface area contributed by atoms with Gasteiger partial charge < -0.3 is 9.88 Å². The summed E-state index contributed by atoms with van der Waals surface area (Å²) in [5.74, 6) is 1.64. The SMILES string of the molecule is CS(=O)(=O)N1CC[C@H](c2nnc3n2C[C@H](C(=O)NCc2ccccc2)CC3)C1. The van der Waals surface area contributed by atoms with E-state index in [0.717, 1.165) is 30.1 Å². The van der Waals surface area contributed by atoms with Crippen LogP contribution in [-0.2, 0) is 34.3 Å². The van der Waals surface area contributed by atoms with Crippen molar-refractivity contribution in [1.29, 1.82) is 0 Å². The summed E-state index contributed by atoms with van der Waals surface area (Å²) in [6.07, 6.45) is 3.43. The van der Waals surface area contributed by atoms with Crippen molar-refractivity contribution >= 4 is 15.9 Å². The lowest BCUT2D eigenvalue weighted by Gasteiger charge is -2.25. The van der Waals surface area contributed by atoms with Gasteiger partial charge in [0.2, 0.25) is 15.9 Å². The van der Waals surface area contributed by atoms with Crippen molar-refractivity contribution in [2.24, 2.45) is 5.92 Å². The second-order valence-electron chi connectivity index (χ2n) is 7.63. The number of nitrogens with zero attached hydrogens (tertiary/aromatic N) is 4. The quantitative estimate of drug-likeness (QED) is 0.800. The third-order valence-corrected chi connectivity index (χ3v) is 6.91. The number of fused-ring (bicyclic) bond motifs is 1. The molecule has 1 aromatic heterocycles. The Balaban J connectivity index is 1.42. The summed E-state index contributed by atoms with van der Waals surface area (Å²) in [6, 6.07) is 9.85. The van der Waals surface area contributed by atoms with E-state index < -0.39 is 10.0 Å². The van der Waals surface area contributed by atoms with Gasteiger partial charge in [0.05, 0.1) is 12.2 Å². The monoisotopic (exact) mass is 403 g/mol. The second-order valence-corrected chi connectivity index (χ2v) is 9.61. The molecule has 0 spiro atoms.